The third-order valence-electron chi connectivity index (χ3n) is 5.60. The maximum absolute atomic E-state index is 11.2. The number of methoxy groups -OCH3 is 2. The second-order valence-electron chi connectivity index (χ2n) is 8.42. The van der Waals surface area contributed by atoms with Crippen LogP contribution in [-0.2, 0) is 14.2 Å². The molecule has 6 heterocycles. The molecular weight excluding hydrogens is 586 g/mol. The van der Waals surface area contributed by atoms with E-state index in [9.17, 15) is 39.6 Å². The van der Waals surface area contributed by atoms with Gasteiger partial charge in [-0.15, -0.1) is 0 Å². The van der Waals surface area contributed by atoms with Crippen LogP contribution in [0.2, 0.25) is 0 Å². The van der Waals surface area contributed by atoms with Crippen LogP contribution in [-0.4, -0.2) is 88.5 Å². The zero-order valence-electron chi connectivity index (χ0n) is 22.4. The van der Waals surface area contributed by atoms with Gasteiger partial charge in [0.25, 0.3) is 0 Å². The van der Waals surface area contributed by atoms with Crippen LogP contribution in [0, 0.1) is 0 Å². The van der Waals surface area contributed by atoms with E-state index in [1.165, 1.54) is 51.1 Å². The zero-order chi connectivity index (χ0) is 32.1. The van der Waals surface area contributed by atoms with Crippen LogP contribution in [0.1, 0.15) is 41.8 Å². The number of hydrogen-bond donors (Lipinski definition) is 5. The number of aromatic nitrogens is 5. The summed E-state index contributed by atoms with van der Waals surface area (Å²) < 4.78 is 13.1. The van der Waals surface area contributed by atoms with E-state index in [1.54, 1.807) is 0 Å². The topological polar surface area (TPSA) is 262 Å². The summed E-state index contributed by atoms with van der Waals surface area (Å²) in [7, 11) is 2.38. The van der Waals surface area contributed by atoms with Crippen molar-refractivity contribution in [3.8, 4) is 28.7 Å². The fourth-order valence-electron chi connectivity index (χ4n) is 3.60. The highest BCUT2D eigenvalue weighted by atomic mass is 16.6. The largest absolute Gasteiger partial charge is 0.506 e. The number of hydrogen-bond acceptors (Lipinski definition) is 17. The minimum Gasteiger partial charge on any atom is -0.506 e. The summed E-state index contributed by atoms with van der Waals surface area (Å²) in [5.74, 6) is -3.98. The molecule has 0 spiro atoms. The summed E-state index contributed by atoms with van der Waals surface area (Å²) in [5, 5.41) is 47.6. The molecule has 0 amide bonds. The van der Waals surface area contributed by atoms with Crippen LogP contribution in [0.15, 0.2) is 49.2 Å². The second kappa shape index (κ2) is 12.5. The van der Waals surface area contributed by atoms with Gasteiger partial charge < -0.3 is 39.7 Å². The lowest BCUT2D eigenvalue weighted by Gasteiger charge is -2.04. The van der Waals surface area contributed by atoms with E-state index in [4.69, 9.17) is 5.11 Å². The average molecular weight is 605 g/mol. The Balaban J connectivity index is 0.000000152. The van der Waals surface area contributed by atoms with Gasteiger partial charge in [-0.25, -0.2) is 44.1 Å². The number of nitrogens with zero attached hydrogens (tertiary/aromatic N) is 5. The molecule has 5 aromatic rings. The number of carbonyl (C=O) groups is 4. The molecule has 17 heteroatoms. The smallest absolute Gasteiger partial charge is 0.365 e. The summed E-state index contributed by atoms with van der Waals surface area (Å²) in [4.78, 5) is 62.7. The maximum atomic E-state index is 11.2. The Labute approximate surface area is 244 Å². The van der Waals surface area contributed by atoms with Gasteiger partial charge in [-0.2, -0.15) is 0 Å². The highest BCUT2D eigenvalue weighted by Gasteiger charge is 2.31. The van der Waals surface area contributed by atoms with E-state index in [-0.39, 0.29) is 62.4 Å². The SMILES string of the molecule is COC(=O)c1ncc2cc(O)cnc2c1O.COC(=O)c1ncc2cc(O)cnc2c1O.O=C1OC(=O)c2ncc(O)cc21. The minimum absolute atomic E-state index is 0.0139. The number of esters is 4. The lowest BCUT2D eigenvalue weighted by atomic mass is 10.2. The molecule has 5 N–H and O–H groups in total. The van der Waals surface area contributed by atoms with Gasteiger partial charge in [0.05, 0.1) is 38.4 Å². The Kier molecular flexibility index (Phi) is 8.59. The first-order valence-corrected chi connectivity index (χ1v) is 11.9. The van der Waals surface area contributed by atoms with Gasteiger partial charge >= 0.3 is 23.9 Å². The van der Waals surface area contributed by atoms with Crippen LogP contribution in [0.25, 0.3) is 21.8 Å². The van der Waals surface area contributed by atoms with Gasteiger partial charge in [-0.05, 0) is 18.2 Å². The molecule has 1 aliphatic rings. The summed E-state index contributed by atoms with van der Waals surface area (Å²) in [6.45, 7) is 0. The third-order valence-corrected chi connectivity index (χ3v) is 5.60. The molecule has 0 radical (unpaired) electrons. The van der Waals surface area contributed by atoms with Gasteiger partial charge in [-0.3, -0.25) is 0 Å². The highest BCUT2D eigenvalue weighted by Crippen LogP contribution is 2.28. The average Bonchev–Trinajstić information content (AvgIpc) is 3.29. The first-order valence-electron chi connectivity index (χ1n) is 11.9. The van der Waals surface area contributed by atoms with E-state index < -0.39 is 23.9 Å². The van der Waals surface area contributed by atoms with Crippen molar-refractivity contribution in [2.24, 2.45) is 0 Å². The number of ether oxygens (including phenoxy) is 3. The van der Waals surface area contributed by atoms with Crippen LogP contribution < -0.4 is 0 Å². The number of pyridine rings is 5. The maximum Gasteiger partial charge on any atom is 0.365 e. The van der Waals surface area contributed by atoms with Gasteiger partial charge in [0.15, 0.2) is 28.6 Å². The zero-order valence-corrected chi connectivity index (χ0v) is 22.4. The number of cyclic esters (lactones) is 2. The molecule has 0 atom stereocenters. The quantitative estimate of drug-likeness (QED) is 0.109. The predicted molar refractivity (Wildman–Crippen MR) is 144 cm³/mol. The van der Waals surface area contributed by atoms with Gasteiger partial charge in [-0.1, -0.05) is 0 Å². The molecular formula is C27H19N5O12. The fourth-order valence-corrected chi connectivity index (χ4v) is 3.60. The molecule has 0 saturated heterocycles. The van der Waals surface area contributed by atoms with Crippen molar-refractivity contribution in [1.29, 1.82) is 0 Å². The molecule has 224 valence electrons. The van der Waals surface area contributed by atoms with E-state index in [0.717, 1.165) is 12.3 Å². The summed E-state index contributed by atoms with van der Waals surface area (Å²) in [5.41, 5.74) is -0.0550. The van der Waals surface area contributed by atoms with Crippen molar-refractivity contribution in [2.75, 3.05) is 14.2 Å². The summed E-state index contributed by atoms with van der Waals surface area (Å²) in [6.07, 6.45) is 6.08. The van der Waals surface area contributed by atoms with E-state index in [0.29, 0.717) is 10.8 Å². The Morgan fingerprint density at radius 3 is 1.50 bits per heavy atom. The number of fused-ring (bicyclic) bond motifs is 3. The van der Waals surface area contributed by atoms with Crippen molar-refractivity contribution in [2.45, 2.75) is 0 Å². The van der Waals surface area contributed by atoms with Crippen LogP contribution in [0.5, 0.6) is 28.7 Å². The monoisotopic (exact) mass is 605 g/mol. The molecule has 1 aliphatic heterocycles. The standard InChI is InChI=1S/2C10H8N2O4.C7H3NO4/c2*1-16-10(15)8-9(14)7-5(3-11-8)2-6(13)4-12-7;9-3-1-4-5(8-2-3)7(11)12-6(4)10/h2*2-4,13-14H,1H3;1-2,9H. The molecule has 44 heavy (non-hydrogen) atoms. The third kappa shape index (κ3) is 6.15. The second-order valence-corrected chi connectivity index (χ2v) is 8.42. The number of aromatic hydroxyl groups is 5. The molecule has 0 unspecified atom stereocenters. The van der Waals surface area contributed by atoms with Crippen molar-refractivity contribution >= 4 is 45.7 Å². The number of carbonyl (C=O) groups excluding carboxylic acids is 4. The van der Waals surface area contributed by atoms with E-state index >= 15 is 0 Å². The summed E-state index contributed by atoms with van der Waals surface area (Å²) >= 11 is 0. The Morgan fingerprint density at radius 1 is 0.614 bits per heavy atom. The molecule has 0 aliphatic carbocycles. The van der Waals surface area contributed by atoms with Crippen LogP contribution in [0.4, 0.5) is 0 Å². The molecule has 0 fully saturated rings. The normalized spacial score (nSPS) is 11.4. The van der Waals surface area contributed by atoms with E-state index in [2.05, 4.69) is 39.1 Å². The van der Waals surface area contributed by atoms with Gasteiger partial charge in [0.2, 0.25) is 0 Å². The molecule has 0 aromatic carbocycles. The van der Waals surface area contributed by atoms with Crippen molar-refractivity contribution in [3.63, 3.8) is 0 Å². The molecule has 0 bridgehead atoms. The Hall–Kier alpha value is -6.65. The molecule has 6 rings (SSSR count). The first kappa shape index (κ1) is 30.3. The fraction of sp³-hybridized carbons (Fsp3) is 0.0741. The van der Waals surface area contributed by atoms with Gasteiger partial charge in [0.1, 0.15) is 28.3 Å². The predicted octanol–water partition coefficient (Wildman–Crippen LogP) is 1.75. The van der Waals surface area contributed by atoms with E-state index in [1.807, 2.05) is 0 Å². The highest BCUT2D eigenvalue weighted by molar-refractivity contribution is 6.13. The Bertz CT molecular complexity index is 1860. The minimum atomic E-state index is -0.769. The molecule has 0 saturated carbocycles. The Morgan fingerprint density at radius 2 is 1.05 bits per heavy atom. The molecule has 5 aromatic heterocycles. The van der Waals surface area contributed by atoms with Crippen LogP contribution >= 0.6 is 0 Å². The first-order chi connectivity index (χ1) is 20.9. The lowest BCUT2D eigenvalue weighted by Crippen LogP contribution is -2.04. The van der Waals surface area contributed by atoms with Gasteiger partial charge in [0, 0.05) is 23.2 Å². The van der Waals surface area contributed by atoms with Crippen molar-refractivity contribution in [1.82, 2.24) is 24.9 Å². The molecule has 17 nitrogen and oxygen atoms in total. The van der Waals surface area contributed by atoms with Crippen LogP contribution in [0.3, 0.4) is 0 Å². The van der Waals surface area contributed by atoms with Crippen molar-refractivity contribution in [3.05, 3.63) is 71.8 Å². The lowest BCUT2D eigenvalue weighted by molar-refractivity contribution is 0.0439. The van der Waals surface area contributed by atoms with Crippen molar-refractivity contribution < 1.29 is 58.9 Å². The summed E-state index contributed by atoms with van der Waals surface area (Å²) in [6, 6.07) is 3.92. The number of rotatable bonds is 2.